The predicted molar refractivity (Wildman–Crippen MR) is 79.5 cm³/mol. The second-order valence-corrected chi connectivity index (χ2v) is 4.91. The number of hydrogen-bond donors (Lipinski definition) is 1. The molecule has 0 aliphatic rings. The molecule has 0 aliphatic heterocycles. The van der Waals surface area contributed by atoms with E-state index in [0.29, 0.717) is 5.82 Å². The zero-order chi connectivity index (χ0) is 15.7. The summed E-state index contributed by atoms with van der Waals surface area (Å²) in [5.41, 5.74) is 1.57. The van der Waals surface area contributed by atoms with Gasteiger partial charge in [0.25, 0.3) is 0 Å². The smallest absolute Gasteiger partial charge is 0.244 e. The van der Waals surface area contributed by atoms with E-state index < -0.39 is 17.5 Å². The average Bonchev–Trinajstić information content (AvgIpc) is 2.78. The van der Waals surface area contributed by atoms with Gasteiger partial charge in [0.1, 0.15) is 24.0 Å². The highest BCUT2D eigenvalue weighted by Crippen LogP contribution is 2.17. The molecule has 1 amide bonds. The van der Waals surface area contributed by atoms with Gasteiger partial charge in [-0.25, -0.2) is 13.8 Å². The SMILES string of the molecule is Cc1nc2ccccc2n1CC(=O)Nc1ccc(F)cc1F. The van der Waals surface area contributed by atoms with Crippen LogP contribution in [0.5, 0.6) is 0 Å². The van der Waals surface area contributed by atoms with Gasteiger partial charge in [0, 0.05) is 6.07 Å². The number of amides is 1. The van der Waals surface area contributed by atoms with Gasteiger partial charge in [-0.1, -0.05) is 12.1 Å². The van der Waals surface area contributed by atoms with E-state index in [0.717, 1.165) is 23.2 Å². The lowest BCUT2D eigenvalue weighted by Crippen LogP contribution is -2.20. The minimum absolute atomic E-state index is 0.00314. The third kappa shape index (κ3) is 2.67. The summed E-state index contributed by atoms with van der Waals surface area (Å²) in [6.45, 7) is 1.80. The Hall–Kier alpha value is -2.76. The summed E-state index contributed by atoms with van der Waals surface area (Å²) in [7, 11) is 0. The summed E-state index contributed by atoms with van der Waals surface area (Å²) >= 11 is 0. The van der Waals surface area contributed by atoms with Crippen LogP contribution in [-0.4, -0.2) is 15.5 Å². The number of nitrogens with zero attached hydrogens (tertiary/aromatic N) is 2. The molecule has 2 aromatic carbocycles. The monoisotopic (exact) mass is 301 g/mol. The molecule has 6 heteroatoms. The molecular formula is C16H13F2N3O. The molecule has 3 rings (SSSR count). The first-order valence-electron chi connectivity index (χ1n) is 6.71. The summed E-state index contributed by atoms with van der Waals surface area (Å²) in [6.07, 6.45) is 0. The van der Waals surface area contributed by atoms with Crippen LogP contribution in [0.3, 0.4) is 0 Å². The van der Waals surface area contributed by atoms with Crippen LogP contribution in [0.15, 0.2) is 42.5 Å². The fourth-order valence-corrected chi connectivity index (χ4v) is 2.32. The van der Waals surface area contributed by atoms with Crippen molar-refractivity contribution in [2.75, 3.05) is 5.32 Å². The van der Waals surface area contributed by atoms with E-state index in [1.54, 1.807) is 11.5 Å². The molecule has 0 radical (unpaired) electrons. The number of carbonyl (C=O) groups is 1. The molecule has 3 aromatic rings. The lowest BCUT2D eigenvalue weighted by molar-refractivity contribution is -0.116. The number of hydrogen-bond acceptors (Lipinski definition) is 2. The van der Waals surface area contributed by atoms with Crippen LogP contribution in [-0.2, 0) is 11.3 Å². The molecule has 0 fully saturated rings. The fourth-order valence-electron chi connectivity index (χ4n) is 2.32. The van der Waals surface area contributed by atoms with Crippen LogP contribution in [0.1, 0.15) is 5.82 Å². The number of aromatic nitrogens is 2. The molecular weight excluding hydrogens is 288 g/mol. The van der Waals surface area contributed by atoms with Crippen molar-refractivity contribution in [3.8, 4) is 0 Å². The summed E-state index contributed by atoms with van der Waals surface area (Å²) in [6, 6.07) is 10.5. The molecule has 0 saturated carbocycles. The summed E-state index contributed by atoms with van der Waals surface area (Å²) in [4.78, 5) is 16.5. The van der Waals surface area contributed by atoms with Crippen LogP contribution in [0, 0.1) is 18.6 Å². The Bertz CT molecular complexity index is 858. The number of rotatable bonds is 3. The first-order valence-corrected chi connectivity index (χ1v) is 6.71. The molecule has 1 N–H and O–H groups in total. The number of anilines is 1. The average molecular weight is 301 g/mol. The van der Waals surface area contributed by atoms with Crippen molar-refractivity contribution in [1.29, 1.82) is 0 Å². The Morgan fingerprint density at radius 1 is 1.23 bits per heavy atom. The van der Waals surface area contributed by atoms with E-state index >= 15 is 0 Å². The highest BCUT2D eigenvalue weighted by atomic mass is 19.1. The van der Waals surface area contributed by atoms with E-state index in [9.17, 15) is 13.6 Å². The van der Waals surface area contributed by atoms with Gasteiger partial charge < -0.3 is 9.88 Å². The van der Waals surface area contributed by atoms with Gasteiger partial charge in [-0.05, 0) is 31.2 Å². The number of imidazole rings is 1. The summed E-state index contributed by atoms with van der Waals surface area (Å²) in [5, 5.41) is 2.44. The molecule has 1 aromatic heterocycles. The van der Waals surface area contributed by atoms with Crippen molar-refractivity contribution in [3.63, 3.8) is 0 Å². The van der Waals surface area contributed by atoms with Crippen molar-refractivity contribution < 1.29 is 13.6 Å². The maximum absolute atomic E-state index is 13.5. The zero-order valence-corrected chi connectivity index (χ0v) is 11.8. The largest absolute Gasteiger partial charge is 0.322 e. The van der Waals surface area contributed by atoms with Gasteiger partial charge in [-0.2, -0.15) is 0 Å². The van der Waals surface area contributed by atoms with Crippen LogP contribution >= 0.6 is 0 Å². The minimum Gasteiger partial charge on any atom is -0.322 e. The number of para-hydroxylation sites is 2. The lowest BCUT2D eigenvalue weighted by Gasteiger charge is -2.09. The van der Waals surface area contributed by atoms with Crippen LogP contribution in [0.4, 0.5) is 14.5 Å². The first kappa shape index (κ1) is 14.2. The quantitative estimate of drug-likeness (QED) is 0.807. The van der Waals surface area contributed by atoms with E-state index in [1.807, 2.05) is 24.3 Å². The molecule has 22 heavy (non-hydrogen) atoms. The minimum atomic E-state index is -0.805. The van der Waals surface area contributed by atoms with Crippen molar-refractivity contribution in [3.05, 3.63) is 59.9 Å². The predicted octanol–water partition coefficient (Wildman–Crippen LogP) is 3.26. The Labute approximate surface area is 125 Å². The Balaban J connectivity index is 1.83. The van der Waals surface area contributed by atoms with Gasteiger partial charge in [0.05, 0.1) is 16.7 Å². The molecule has 0 bridgehead atoms. The third-order valence-corrected chi connectivity index (χ3v) is 3.35. The maximum Gasteiger partial charge on any atom is 0.244 e. The van der Waals surface area contributed by atoms with Crippen LogP contribution < -0.4 is 5.32 Å². The molecule has 0 aliphatic carbocycles. The van der Waals surface area contributed by atoms with E-state index in [4.69, 9.17) is 0 Å². The maximum atomic E-state index is 13.5. The molecule has 1 heterocycles. The number of aryl methyl sites for hydroxylation is 1. The molecule has 0 spiro atoms. The second-order valence-electron chi connectivity index (χ2n) is 4.91. The summed E-state index contributed by atoms with van der Waals surface area (Å²) < 4.78 is 28.1. The number of benzene rings is 2. The number of fused-ring (bicyclic) bond motifs is 1. The normalized spacial score (nSPS) is 10.9. The number of halogens is 2. The van der Waals surface area contributed by atoms with E-state index in [1.165, 1.54) is 6.07 Å². The topological polar surface area (TPSA) is 46.9 Å². The fraction of sp³-hybridized carbons (Fsp3) is 0.125. The second kappa shape index (κ2) is 5.55. The van der Waals surface area contributed by atoms with Crippen LogP contribution in [0.25, 0.3) is 11.0 Å². The third-order valence-electron chi connectivity index (χ3n) is 3.35. The van der Waals surface area contributed by atoms with Gasteiger partial charge >= 0.3 is 0 Å². The number of nitrogens with one attached hydrogen (secondary N) is 1. The molecule has 0 unspecified atom stereocenters. The van der Waals surface area contributed by atoms with E-state index in [-0.39, 0.29) is 12.2 Å². The van der Waals surface area contributed by atoms with Crippen molar-refractivity contribution in [2.24, 2.45) is 0 Å². The van der Waals surface area contributed by atoms with Gasteiger partial charge in [0.2, 0.25) is 5.91 Å². The summed E-state index contributed by atoms with van der Waals surface area (Å²) in [5.74, 6) is -1.21. The van der Waals surface area contributed by atoms with Gasteiger partial charge in [-0.3, -0.25) is 4.79 Å². The molecule has 0 atom stereocenters. The van der Waals surface area contributed by atoms with Crippen LogP contribution in [0.2, 0.25) is 0 Å². The highest BCUT2D eigenvalue weighted by molar-refractivity contribution is 5.91. The Morgan fingerprint density at radius 2 is 2.00 bits per heavy atom. The molecule has 4 nitrogen and oxygen atoms in total. The lowest BCUT2D eigenvalue weighted by atomic mass is 10.3. The highest BCUT2D eigenvalue weighted by Gasteiger charge is 2.12. The molecule has 112 valence electrons. The van der Waals surface area contributed by atoms with Crippen molar-refractivity contribution in [2.45, 2.75) is 13.5 Å². The molecule has 0 saturated heterocycles. The standard InChI is InChI=1S/C16H13F2N3O/c1-10-19-14-4-2-3-5-15(14)21(10)9-16(22)20-13-7-6-11(17)8-12(13)18/h2-8H,9H2,1H3,(H,20,22). The Morgan fingerprint density at radius 3 is 2.77 bits per heavy atom. The number of carbonyl (C=O) groups excluding carboxylic acids is 1. The van der Waals surface area contributed by atoms with Gasteiger partial charge in [0.15, 0.2) is 0 Å². The van der Waals surface area contributed by atoms with Crippen molar-refractivity contribution in [1.82, 2.24) is 9.55 Å². The zero-order valence-electron chi connectivity index (χ0n) is 11.8. The Kier molecular flexibility index (Phi) is 3.58. The van der Waals surface area contributed by atoms with Gasteiger partial charge in [-0.15, -0.1) is 0 Å². The van der Waals surface area contributed by atoms with Crippen molar-refractivity contribution >= 4 is 22.6 Å². The van der Waals surface area contributed by atoms with E-state index in [2.05, 4.69) is 10.3 Å². The first-order chi connectivity index (χ1) is 10.5.